The first-order chi connectivity index (χ1) is 18.0. The molecule has 3 aromatic rings. The number of hydrogen-bond donors (Lipinski definition) is 2. The molecule has 2 heterocycles. The van der Waals surface area contributed by atoms with E-state index in [0.29, 0.717) is 42.8 Å². The standard InChI is InChI=1S/C29H38N4O4/c1-33(19-21-7-5-4-6-8-21)20-26-16-25(32-37-26)14-24-18-30-12-11-23(24)15-29(34)31-17-22-9-10-27(35-2)28(13-22)36-3/h4-10,13,16,23-24,30H,11-12,14-15,17-20H2,1-3H3,(H,31,34)/t23-,24-/m0/s1. The fourth-order valence-electron chi connectivity index (χ4n) is 5.00. The maximum atomic E-state index is 12.8. The SMILES string of the molecule is COc1ccc(CNC(=O)C[C@@H]2CCNC[C@@H]2Cc2cc(CN(C)Cc3ccccc3)on2)cc1OC. The van der Waals surface area contributed by atoms with Gasteiger partial charge in [0.25, 0.3) is 0 Å². The number of carbonyl (C=O) groups excluding carboxylic acids is 1. The molecule has 2 aromatic carbocycles. The third-order valence-electron chi connectivity index (χ3n) is 6.95. The minimum Gasteiger partial charge on any atom is -0.493 e. The van der Waals surface area contributed by atoms with Crippen molar-refractivity contribution in [3.63, 3.8) is 0 Å². The van der Waals surface area contributed by atoms with Crippen molar-refractivity contribution in [1.29, 1.82) is 0 Å². The number of carbonyl (C=O) groups is 1. The van der Waals surface area contributed by atoms with Gasteiger partial charge in [-0.3, -0.25) is 9.69 Å². The van der Waals surface area contributed by atoms with E-state index in [0.717, 1.165) is 49.5 Å². The largest absolute Gasteiger partial charge is 0.493 e. The van der Waals surface area contributed by atoms with Crippen LogP contribution in [0.4, 0.5) is 0 Å². The highest BCUT2D eigenvalue weighted by Gasteiger charge is 2.28. The van der Waals surface area contributed by atoms with Crippen LogP contribution in [0.1, 0.15) is 35.4 Å². The van der Waals surface area contributed by atoms with E-state index in [1.54, 1.807) is 14.2 Å². The van der Waals surface area contributed by atoms with Crippen LogP contribution in [0.25, 0.3) is 0 Å². The smallest absolute Gasteiger partial charge is 0.220 e. The Balaban J connectivity index is 1.27. The van der Waals surface area contributed by atoms with E-state index in [9.17, 15) is 4.79 Å². The number of methoxy groups -OCH3 is 2. The van der Waals surface area contributed by atoms with E-state index >= 15 is 0 Å². The third kappa shape index (κ3) is 7.81. The van der Waals surface area contributed by atoms with Gasteiger partial charge < -0.3 is 24.6 Å². The number of nitrogens with one attached hydrogen (secondary N) is 2. The molecule has 1 saturated heterocycles. The van der Waals surface area contributed by atoms with Crippen molar-refractivity contribution < 1.29 is 18.8 Å². The number of hydrogen-bond acceptors (Lipinski definition) is 7. The molecule has 2 N–H and O–H groups in total. The van der Waals surface area contributed by atoms with Crippen molar-refractivity contribution in [2.45, 2.75) is 38.9 Å². The average molecular weight is 507 g/mol. The zero-order chi connectivity index (χ0) is 26.0. The van der Waals surface area contributed by atoms with Gasteiger partial charge in [0, 0.05) is 25.6 Å². The van der Waals surface area contributed by atoms with E-state index in [1.807, 2.05) is 24.3 Å². The second-order valence-corrected chi connectivity index (χ2v) is 9.83. The summed E-state index contributed by atoms with van der Waals surface area (Å²) < 4.78 is 16.3. The topological polar surface area (TPSA) is 88.9 Å². The van der Waals surface area contributed by atoms with Crippen molar-refractivity contribution in [3.05, 3.63) is 77.2 Å². The van der Waals surface area contributed by atoms with Crippen LogP contribution in [-0.2, 0) is 30.8 Å². The zero-order valence-corrected chi connectivity index (χ0v) is 22.0. The lowest BCUT2D eigenvalue weighted by atomic mass is 9.81. The number of ether oxygens (including phenoxy) is 2. The predicted molar refractivity (Wildman–Crippen MR) is 142 cm³/mol. The molecule has 0 spiro atoms. The number of aromatic nitrogens is 1. The third-order valence-corrected chi connectivity index (χ3v) is 6.95. The molecule has 0 unspecified atom stereocenters. The number of rotatable bonds is 12. The van der Waals surface area contributed by atoms with Crippen LogP contribution >= 0.6 is 0 Å². The van der Waals surface area contributed by atoms with Gasteiger partial charge in [0.1, 0.15) is 0 Å². The molecule has 198 valence electrons. The molecule has 8 nitrogen and oxygen atoms in total. The second kappa shape index (κ2) is 13.3. The van der Waals surface area contributed by atoms with Crippen molar-refractivity contribution in [2.24, 2.45) is 11.8 Å². The van der Waals surface area contributed by atoms with Crippen molar-refractivity contribution in [1.82, 2.24) is 20.7 Å². The van der Waals surface area contributed by atoms with Gasteiger partial charge in [0.15, 0.2) is 17.3 Å². The van der Waals surface area contributed by atoms with Gasteiger partial charge in [-0.05, 0) is 68.1 Å². The predicted octanol–water partition coefficient (Wildman–Crippen LogP) is 3.80. The first-order valence-corrected chi connectivity index (χ1v) is 12.9. The maximum Gasteiger partial charge on any atom is 0.220 e. The molecular formula is C29H38N4O4. The summed E-state index contributed by atoms with van der Waals surface area (Å²) in [5.74, 6) is 2.89. The van der Waals surface area contributed by atoms with E-state index < -0.39 is 0 Å². The van der Waals surface area contributed by atoms with Crippen molar-refractivity contribution in [3.8, 4) is 11.5 Å². The van der Waals surface area contributed by atoms with Crippen LogP contribution in [0.3, 0.4) is 0 Å². The Morgan fingerprint density at radius 1 is 1.05 bits per heavy atom. The lowest BCUT2D eigenvalue weighted by Gasteiger charge is -2.31. The molecule has 8 heteroatoms. The normalized spacial score (nSPS) is 17.5. The van der Waals surface area contributed by atoms with Crippen LogP contribution in [0.15, 0.2) is 59.1 Å². The highest BCUT2D eigenvalue weighted by Crippen LogP contribution is 2.28. The highest BCUT2D eigenvalue weighted by atomic mass is 16.5. The fourth-order valence-corrected chi connectivity index (χ4v) is 5.00. The molecule has 0 aliphatic carbocycles. The van der Waals surface area contributed by atoms with E-state index in [1.165, 1.54) is 5.56 Å². The van der Waals surface area contributed by atoms with Crippen molar-refractivity contribution >= 4 is 5.91 Å². The Kier molecular flexibility index (Phi) is 9.57. The van der Waals surface area contributed by atoms with Crippen molar-refractivity contribution in [2.75, 3.05) is 34.4 Å². The van der Waals surface area contributed by atoms with Crippen LogP contribution in [0.2, 0.25) is 0 Å². The molecule has 1 aliphatic rings. The summed E-state index contributed by atoms with van der Waals surface area (Å²) in [6.45, 7) is 3.82. The lowest BCUT2D eigenvalue weighted by molar-refractivity contribution is -0.122. The first-order valence-electron chi connectivity index (χ1n) is 12.9. The molecular weight excluding hydrogens is 468 g/mol. The number of piperidine rings is 1. The fraction of sp³-hybridized carbons (Fsp3) is 0.448. The summed E-state index contributed by atoms with van der Waals surface area (Å²) >= 11 is 0. The van der Waals surface area contributed by atoms with Gasteiger partial charge in [-0.25, -0.2) is 0 Å². The van der Waals surface area contributed by atoms with Gasteiger partial charge >= 0.3 is 0 Å². The van der Waals surface area contributed by atoms with Gasteiger partial charge in [-0.2, -0.15) is 0 Å². The summed E-state index contributed by atoms with van der Waals surface area (Å²) in [5.41, 5.74) is 3.19. The molecule has 1 fully saturated rings. The first kappa shape index (κ1) is 26.7. The molecule has 2 atom stereocenters. The summed E-state index contributed by atoms with van der Waals surface area (Å²) in [4.78, 5) is 15.0. The van der Waals surface area contributed by atoms with Gasteiger partial charge in [0.05, 0.1) is 26.5 Å². The quantitative estimate of drug-likeness (QED) is 0.386. The summed E-state index contributed by atoms with van der Waals surface area (Å²) in [5, 5.41) is 10.9. The Hall–Kier alpha value is -3.36. The Morgan fingerprint density at radius 2 is 1.86 bits per heavy atom. The summed E-state index contributed by atoms with van der Waals surface area (Å²) in [7, 11) is 5.30. The molecule has 0 bridgehead atoms. The zero-order valence-electron chi connectivity index (χ0n) is 22.0. The van der Waals surface area contributed by atoms with Gasteiger partial charge in [0.2, 0.25) is 5.91 Å². The number of amides is 1. The van der Waals surface area contributed by atoms with Crippen LogP contribution in [0, 0.1) is 11.8 Å². The van der Waals surface area contributed by atoms with Gasteiger partial charge in [-0.1, -0.05) is 41.6 Å². The van der Waals surface area contributed by atoms with Gasteiger partial charge in [-0.15, -0.1) is 0 Å². The van der Waals surface area contributed by atoms with E-state index in [4.69, 9.17) is 14.0 Å². The average Bonchev–Trinajstić information content (AvgIpc) is 3.35. The Morgan fingerprint density at radius 3 is 2.65 bits per heavy atom. The van der Waals surface area contributed by atoms with Crippen LogP contribution < -0.4 is 20.1 Å². The lowest BCUT2D eigenvalue weighted by Crippen LogP contribution is -2.40. The monoisotopic (exact) mass is 506 g/mol. The van der Waals surface area contributed by atoms with E-state index in [2.05, 4.69) is 58.1 Å². The maximum absolute atomic E-state index is 12.8. The minimum absolute atomic E-state index is 0.0649. The minimum atomic E-state index is 0.0649. The molecule has 37 heavy (non-hydrogen) atoms. The Bertz CT molecular complexity index is 1130. The Labute approximate surface area is 219 Å². The second-order valence-electron chi connectivity index (χ2n) is 9.83. The number of benzene rings is 2. The molecule has 0 radical (unpaired) electrons. The van der Waals surface area contributed by atoms with Crippen LogP contribution in [-0.4, -0.2) is 50.3 Å². The highest BCUT2D eigenvalue weighted by molar-refractivity contribution is 5.76. The van der Waals surface area contributed by atoms with E-state index in [-0.39, 0.29) is 5.91 Å². The van der Waals surface area contributed by atoms with Crippen LogP contribution in [0.5, 0.6) is 11.5 Å². The molecule has 0 saturated carbocycles. The molecule has 4 rings (SSSR count). The summed E-state index contributed by atoms with van der Waals surface area (Å²) in [6, 6.07) is 18.1. The molecule has 1 aliphatic heterocycles. The molecule has 1 aromatic heterocycles. The number of nitrogens with zero attached hydrogens (tertiary/aromatic N) is 2. The summed E-state index contributed by atoms with van der Waals surface area (Å²) in [6.07, 6.45) is 2.27. The molecule has 1 amide bonds.